The number of carbonyl (C=O) groups is 2. The van der Waals surface area contributed by atoms with Crippen molar-refractivity contribution in [2.24, 2.45) is 0 Å². The molecule has 0 fully saturated rings. The topological polar surface area (TPSA) is 95.7 Å². The third-order valence-corrected chi connectivity index (χ3v) is 4.88. The standard InChI is InChI=1S/C20H21NO6S/c1-20(2,3)27-19(23)17(22)18(13-9-11-14(26-4)12-10-13)28-16-8-6-5-7-15(16)21(24)25/h5-12,18H,1-4H3. The number of hydrogen-bond acceptors (Lipinski definition) is 7. The van der Waals surface area contributed by atoms with Gasteiger partial charge in [0.25, 0.3) is 11.5 Å². The molecule has 2 aromatic rings. The summed E-state index contributed by atoms with van der Waals surface area (Å²) in [6.07, 6.45) is 0. The molecule has 0 aliphatic rings. The maximum atomic E-state index is 12.9. The van der Waals surface area contributed by atoms with E-state index in [0.717, 1.165) is 11.8 Å². The van der Waals surface area contributed by atoms with Gasteiger partial charge in [0.15, 0.2) is 0 Å². The summed E-state index contributed by atoms with van der Waals surface area (Å²) in [5.74, 6) is -1.19. The number of carbonyl (C=O) groups excluding carboxylic acids is 2. The van der Waals surface area contributed by atoms with Crippen LogP contribution in [0.3, 0.4) is 0 Å². The number of Topliss-reactive ketones (excluding diaryl/α,β-unsaturated/α-hetero) is 1. The van der Waals surface area contributed by atoms with Gasteiger partial charge in [-0.1, -0.05) is 24.3 Å². The fourth-order valence-electron chi connectivity index (χ4n) is 2.32. The number of thioether (sulfide) groups is 1. The van der Waals surface area contributed by atoms with E-state index >= 15 is 0 Å². The Balaban J connectivity index is 2.42. The summed E-state index contributed by atoms with van der Waals surface area (Å²) in [5.41, 5.74) is -0.455. The van der Waals surface area contributed by atoms with Crippen LogP contribution in [-0.4, -0.2) is 29.4 Å². The smallest absolute Gasteiger partial charge is 0.376 e. The minimum atomic E-state index is -0.998. The van der Waals surface area contributed by atoms with Crippen molar-refractivity contribution in [2.45, 2.75) is 36.5 Å². The Bertz CT molecular complexity index is 873. The van der Waals surface area contributed by atoms with Gasteiger partial charge in [-0.2, -0.15) is 0 Å². The molecule has 1 unspecified atom stereocenters. The van der Waals surface area contributed by atoms with Crippen LogP contribution in [0.25, 0.3) is 0 Å². The lowest BCUT2D eigenvalue weighted by Crippen LogP contribution is -2.31. The summed E-state index contributed by atoms with van der Waals surface area (Å²) < 4.78 is 10.3. The molecule has 0 heterocycles. The van der Waals surface area contributed by atoms with Gasteiger partial charge in [0.05, 0.1) is 16.9 Å². The normalized spacial score (nSPS) is 12.1. The Morgan fingerprint density at radius 1 is 1.07 bits per heavy atom. The average molecular weight is 403 g/mol. The Labute approximate surface area is 167 Å². The second kappa shape index (κ2) is 8.88. The third kappa shape index (κ3) is 5.56. The molecule has 0 bridgehead atoms. The molecule has 0 N–H and O–H groups in total. The molecule has 0 aromatic heterocycles. The van der Waals surface area contributed by atoms with Crippen LogP contribution in [0.5, 0.6) is 5.75 Å². The molecule has 8 heteroatoms. The van der Waals surface area contributed by atoms with E-state index in [1.807, 2.05) is 0 Å². The monoisotopic (exact) mass is 403 g/mol. The molecule has 7 nitrogen and oxygen atoms in total. The van der Waals surface area contributed by atoms with Crippen LogP contribution in [0.15, 0.2) is 53.4 Å². The van der Waals surface area contributed by atoms with Gasteiger partial charge >= 0.3 is 5.97 Å². The third-order valence-electron chi connectivity index (χ3n) is 3.56. The van der Waals surface area contributed by atoms with E-state index in [9.17, 15) is 19.7 Å². The lowest BCUT2D eigenvalue weighted by Gasteiger charge is -2.21. The van der Waals surface area contributed by atoms with E-state index in [2.05, 4.69) is 0 Å². The highest BCUT2D eigenvalue weighted by Gasteiger charge is 2.33. The number of ketones is 1. The molecule has 0 amide bonds. The number of nitrogens with zero attached hydrogens (tertiary/aromatic N) is 1. The number of ether oxygens (including phenoxy) is 2. The highest BCUT2D eigenvalue weighted by atomic mass is 32.2. The molecule has 0 radical (unpaired) electrons. The van der Waals surface area contributed by atoms with Crippen molar-refractivity contribution in [1.29, 1.82) is 0 Å². The first-order chi connectivity index (χ1) is 13.1. The number of nitro benzene ring substituents is 1. The highest BCUT2D eigenvalue weighted by molar-refractivity contribution is 8.00. The van der Waals surface area contributed by atoms with Crippen molar-refractivity contribution in [3.8, 4) is 5.75 Å². The van der Waals surface area contributed by atoms with Gasteiger partial charge in [-0.15, -0.1) is 11.8 Å². The van der Waals surface area contributed by atoms with E-state index in [0.29, 0.717) is 11.3 Å². The first-order valence-corrected chi connectivity index (χ1v) is 9.31. The zero-order chi connectivity index (χ0) is 20.9. The van der Waals surface area contributed by atoms with E-state index in [4.69, 9.17) is 9.47 Å². The fourth-order valence-corrected chi connectivity index (χ4v) is 3.49. The summed E-state index contributed by atoms with van der Waals surface area (Å²) in [6, 6.07) is 12.7. The van der Waals surface area contributed by atoms with Crippen molar-refractivity contribution < 1.29 is 24.0 Å². The lowest BCUT2D eigenvalue weighted by atomic mass is 10.1. The molecule has 28 heavy (non-hydrogen) atoms. The lowest BCUT2D eigenvalue weighted by molar-refractivity contribution is -0.387. The van der Waals surface area contributed by atoms with Gasteiger partial charge < -0.3 is 9.47 Å². The van der Waals surface area contributed by atoms with Crippen molar-refractivity contribution in [3.63, 3.8) is 0 Å². The van der Waals surface area contributed by atoms with Gasteiger partial charge in [0.1, 0.15) is 16.6 Å². The van der Waals surface area contributed by atoms with E-state index in [1.54, 1.807) is 63.2 Å². The van der Waals surface area contributed by atoms with Crippen LogP contribution in [0, 0.1) is 10.1 Å². The number of para-hydroxylation sites is 1. The minimum Gasteiger partial charge on any atom is -0.497 e. The summed E-state index contributed by atoms with van der Waals surface area (Å²) in [4.78, 5) is 36.3. The summed E-state index contributed by atoms with van der Waals surface area (Å²) in [6.45, 7) is 4.99. The minimum absolute atomic E-state index is 0.136. The SMILES string of the molecule is COc1ccc(C(Sc2ccccc2[N+](=O)[O-])C(=O)C(=O)OC(C)(C)C)cc1. The van der Waals surface area contributed by atoms with Gasteiger partial charge in [-0.25, -0.2) is 4.79 Å². The number of esters is 1. The second-order valence-electron chi connectivity index (χ2n) is 6.86. The van der Waals surface area contributed by atoms with Crippen LogP contribution in [0.4, 0.5) is 5.69 Å². The van der Waals surface area contributed by atoms with Crippen molar-refractivity contribution in [2.75, 3.05) is 7.11 Å². The van der Waals surface area contributed by atoms with Gasteiger partial charge in [-0.3, -0.25) is 14.9 Å². The molecule has 148 valence electrons. The second-order valence-corrected chi connectivity index (χ2v) is 8.01. The molecule has 2 rings (SSSR count). The summed E-state index contributed by atoms with van der Waals surface area (Å²) >= 11 is 0.940. The molecule has 0 spiro atoms. The maximum absolute atomic E-state index is 12.9. The molecule has 1 atom stereocenters. The van der Waals surface area contributed by atoms with E-state index in [-0.39, 0.29) is 10.6 Å². The Morgan fingerprint density at radius 2 is 1.68 bits per heavy atom. The predicted molar refractivity (Wildman–Crippen MR) is 106 cm³/mol. The summed E-state index contributed by atoms with van der Waals surface area (Å²) in [7, 11) is 1.51. The van der Waals surface area contributed by atoms with E-state index in [1.165, 1.54) is 13.2 Å². The predicted octanol–water partition coefficient (Wildman–Crippen LogP) is 4.35. The van der Waals surface area contributed by atoms with Crippen molar-refractivity contribution in [1.82, 2.24) is 0 Å². The van der Waals surface area contributed by atoms with Crippen molar-refractivity contribution >= 4 is 29.2 Å². The Morgan fingerprint density at radius 3 is 2.21 bits per heavy atom. The van der Waals surface area contributed by atoms with Crippen LogP contribution in [-0.2, 0) is 14.3 Å². The average Bonchev–Trinajstić information content (AvgIpc) is 2.64. The fraction of sp³-hybridized carbons (Fsp3) is 0.300. The number of rotatable bonds is 7. The highest BCUT2D eigenvalue weighted by Crippen LogP contribution is 2.41. The number of benzene rings is 2. The molecule has 0 aliphatic carbocycles. The van der Waals surface area contributed by atoms with Crippen LogP contribution >= 0.6 is 11.8 Å². The summed E-state index contributed by atoms with van der Waals surface area (Å²) in [5, 5.41) is 10.3. The van der Waals surface area contributed by atoms with Gasteiger partial charge in [0.2, 0.25) is 0 Å². The van der Waals surface area contributed by atoms with E-state index < -0.39 is 27.5 Å². The van der Waals surface area contributed by atoms with Gasteiger partial charge in [-0.05, 0) is 44.5 Å². The molecular weight excluding hydrogens is 382 g/mol. The largest absolute Gasteiger partial charge is 0.497 e. The zero-order valence-electron chi connectivity index (χ0n) is 16.0. The van der Waals surface area contributed by atoms with Crippen LogP contribution < -0.4 is 4.74 Å². The molecule has 0 aliphatic heterocycles. The Hall–Kier alpha value is -2.87. The maximum Gasteiger partial charge on any atom is 0.376 e. The first-order valence-electron chi connectivity index (χ1n) is 8.43. The quantitative estimate of drug-likeness (QED) is 0.223. The van der Waals surface area contributed by atoms with Crippen LogP contribution in [0.2, 0.25) is 0 Å². The zero-order valence-corrected chi connectivity index (χ0v) is 16.8. The first kappa shape index (κ1) is 21.4. The molecular formula is C20H21NO6S. The van der Waals surface area contributed by atoms with Gasteiger partial charge in [0, 0.05) is 6.07 Å². The number of hydrogen-bond donors (Lipinski definition) is 0. The van der Waals surface area contributed by atoms with Crippen LogP contribution in [0.1, 0.15) is 31.6 Å². The number of methoxy groups -OCH3 is 1. The number of nitro groups is 1. The Kier molecular flexibility index (Phi) is 6.80. The molecule has 0 saturated heterocycles. The molecule has 2 aromatic carbocycles. The van der Waals surface area contributed by atoms with Crippen molar-refractivity contribution in [3.05, 3.63) is 64.2 Å². The molecule has 0 saturated carbocycles.